The quantitative estimate of drug-likeness (QED) is 0.870. The van der Waals surface area contributed by atoms with Crippen LogP contribution in [0.4, 0.5) is 13.2 Å². The van der Waals surface area contributed by atoms with E-state index in [1.807, 2.05) is 0 Å². The average molecular weight is 273 g/mol. The van der Waals surface area contributed by atoms with Crippen LogP contribution in [0, 0.1) is 6.92 Å². The summed E-state index contributed by atoms with van der Waals surface area (Å²) in [6.45, 7) is 1.50. The van der Waals surface area contributed by atoms with Crippen molar-refractivity contribution in [2.75, 3.05) is 0 Å². The third kappa shape index (κ3) is 2.20. The van der Waals surface area contributed by atoms with Crippen molar-refractivity contribution in [3.63, 3.8) is 0 Å². The van der Waals surface area contributed by atoms with E-state index in [1.54, 1.807) is 0 Å². The Labute approximate surface area is 108 Å². The Kier molecular flexibility index (Phi) is 3.09. The molecule has 19 heavy (non-hydrogen) atoms. The number of aliphatic carboxylic acids is 1. The third-order valence-electron chi connectivity index (χ3n) is 3.70. The number of nitrogens with two attached hydrogens (primary N) is 1. The van der Waals surface area contributed by atoms with Crippen molar-refractivity contribution in [3.8, 4) is 0 Å². The summed E-state index contributed by atoms with van der Waals surface area (Å²) in [6, 6.07) is 2.97. The molecule has 1 saturated carbocycles. The van der Waals surface area contributed by atoms with Gasteiger partial charge in [-0.25, -0.2) is 0 Å². The molecule has 3 N–H and O–H groups in total. The zero-order valence-corrected chi connectivity index (χ0v) is 10.3. The molecule has 1 aliphatic rings. The van der Waals surface area contributed by atoms with Gasteiger partial charge in [0.1, 0.15) is 0 Å². The Bertz CT molecular complexity index is 519. The molecule has 0 spiro atoms. The molecule has 0 saturated heterocycles. The van der Waals surface area contributed by atoms with Crippen LogP contribution in [0.2, 0.25) is 0 Å². The standard InChI is InChI=1S/C13H14F3NO2/c1-7-4-8(13(14,15)16)2-3-10(7)12(11(18)19)5-9(17)6-12/h2-4,9H,5-6,17H2,1H3,(H,18,19). The number of carbonyl (C=O) groups is 1. The molecular formula is C13H14F3NO2. The molecule has 1 aromatic rings. The normalized spacial score (nSPS) is 26.9. The highest BCUT2D eigenvalue weighted by Crippen LogP contribution is 2.45. The third-order valence-corrected chi connectivity index (χ3v) is 3.70. The van der Waals surface area contributed by atoms with Crippen molar-refractivity contribution in [2.45, 2.75) is 37.4 Å². The summed E-state index contributed by atoms with van der Waals surface area (Å²) < 4.78 is 37.7. The van der Waals surface area contributed by atoms with Gasteiger partial charge in [-0.1, -0.05) is 6.07 Å². The zero-order valence-electron chi connectivity index (χ0n) is 10.3. The Morgan fingerprint density at radius 1 is 1.42 bits per heavy atom. The summed E-state index contributed by atoms with van der Waals surface area (Å²) in [5, 5.41) is 9.33. The predicted molar refractivity (Wildman–Crippen MR) is 62.7 cm³/mol. The molecule has 1 aliphatic carbocycles. The summed E-state index contributed by atoms with van der Waals surface area (Å²) in [7, 11) is 0. The van der Waals surface area contributed by atoms with E-state index in [1.165, 1.54) is 13.0 Å². The minimum absolute atomic E-state index is 0.210. The second-order valence-electron chi connectivity index (χ2n) is 5.08. The number of aryl methyl sites for hydroxylation is 1. The topological polar surface area (TPSA) is 63.3 Å². The van der Waals surface area contributed by atoms with E-state index in [9.17, 15) is 23.1 Å². The van der Waals surface area contributed by atoms with Gasteiger partial charge >= 0.3 is 12.1 Å². The molecule has 3 nitrogen and oxygen atoms in total. The maximum Gasteiger partial charge on any atom is 0.416 e. The molecule has 1 aromatic carbocycles. The van der Waals surface area contributed by atoms with Crippen LogP contribution in [-0.4, -0.2) is 17.1 Å². The van der Waals surface area contributed by atoms with Crippen molar-refractivity contribution in [3.05, 3.63) is 34.9 Å². The van der Waals surface area contributed by atoms with Crippen LogP contribution in [0.15, 0.2) is 18.2 Å². The van der Waals surface area contributed by atoms with E-state index in [-0.39, 0.29) is 18.9 Å². The molecule has 6 heteroatoms. The Balaban J connectivity index is 2.44. The molecule has 0 aromatic heterocycles. The molecule has 0 amide bonds. The van der Waals surface area contributed by atoms with E-state index in [4.69, 9.17) is 5.73 Å². The van der Waals surface area contributed by atoms with Crippen molar-refractivity contribution in [1.29, 1.82) is 0 Å². The van der Waals surface area contributed by atoms with Crippen LogP contribution < -0.4 is 5.73 Å². The van der Waals surface area contributed by atoms with Gasteiger partial charge in [0.25, 0.3) is 0 Å². The number of carboxylic acids is 1. The smallest absolute Gasteiger partial charge is 0.416 e. The second kappa shape index (κ2) is 4.23. The number of rotatable bonds is 2. The molecule has 0 radical (unpaired) electrons. The van der Waals surface area contributed by atoms with Crippen LogP contribution in [0.25, 0.3) is 0 Å². The fourth-order valence-corrected chi connectivity index (χ4v) is 2.72. The Hall–Kier alpha value is -1.56. The number of benzene rings is 1. The van der Waals surface area contributed by atoms with Gasteiger partial charge in [-0.15, -0.1) is 0 Å². The summed E-state index contributed by atoms with van der Waals surface area (Å²) in [6.07, 6.45) is -3.90. The van der Waals surface area contributed by atoms with Gasteiger partial charge in [0.2, 0.25) is 0 Å². The maximum atomic E-state index is 12.6. The largest absolute Gasteiger partial charge is 0.481 e. The van der Waals surface area contributed by atoms with Gasteiger partial charge in [-0.05, 0) is 43.0 Å². The van der Waals surface area contributed by atoms with E-state index < -0.39 is 23.1 Å². The minimum Gasteiger partial charge on any atom is -0.481 e. The minimum atomic E-state index is -4.42. The summed E-state index contributed by atoms with van der Waals surface area (Å²) in [5.74, 6) is -1.03. The molecule has 0 bridgehead atoms. The summed E-state index contributed by atoms with van der Waals surface area (Å²) in [5.41, 5.74) is 4.50. The lowest BCUT2D eigenvalue weighted by Crippen LogP contribution is -2.54. The highest BCUT2D eigenvalue weighted by Gasteiger charge is 2.51. The van der Waals surface area contributed by atoms with Gasteiger partial charge in [0.05, 0.1) is 11.0 Å². The highest BCUT2D eigenvalue weighted by atomic mass is 19.4. The predicted octanol–water partition coefficient (Wildman–Crippen LogP) is 2.46. The van der Waals surface area contributed by atoms with Crippen molar-refractivity contribution in [2.24, 2.45) is 5.73 Å². The Morgan fingerprint density at radius 3 is 2.37 bits per heavy atom. The van der Waals surface area contributed by atoms with E-state index in [2.05, 4.69) is 0 Å². The molecule has 0 aliphatic heterocycles. The van der Waals surface area contributed by atoms with Gasteiger partial charge in [-0.2, -0.15) is 13.2 Å². The first-order valence-corrected chi connectivity index (χ1v) is 5.84. The number of alkyl halides is 3. The number of hydrogen-bond acceptors (Lipinski definition) is 2. The maximum absolute atomic E-state index is 12.6. The SMILES string of the molecule is Cc1cc(C(F)(F)F)ccc1C1(C(=O)O)CC(N)C1. The number of halogens is 3. The first kappa shape index (κ1) is 13.9. The van der Waals surface area contributed by atoms with E-state index in [0.717, 1.165) is 12.1 Å². The zero-order chi connectivity index (χ0) is 14.4. The Morgan fingerprint density at radius 2 is 2.00 bits per heavy atom. The average Bonchev–Trinajstić information content (AvgIpc) is 2.23. The first-order chi connectivity index (χ1) is 8.67. The van der Waals surface area contributed by atoms with Gasteiger partial charge in [-0.3, -0.25) is 4.79 Å². The number of hydrogen-bond donors (Lipinski definition) is 2. The van der Waals surface area contributed by atoms with Crippen LogP contribution in [-0.2, 0) is 16.4 Å². The fourth-order valence-electron chi connectivity index (χ4n) is 2.72. The molecule has 0 atom stereocenters. The van der Waals surface area contributed by atoms with Crippen molar-refractivity contribution >= 4 is 5.97 Å². The first-order valence-electron chi connectivity index (χ1n) is 5.84. The van der Waals surface area contributed by atoms with Gasteiger partial charge in [0, 0.05) is 6.04 Å². The summed E-state index contributed by atoms with van der Waals surface area (Å²) >= 11 is 0. The van der Waals surface area contributed by atoms with Crippen LogP contribution >= 0.6 is 0 Å². The second-order valence-corrected chi connectivity index (χ2v) is 5.08. The monoisotopic (exact) mass is 273 g/mol. The van der Waals surface area contributed by atoms with Gasteiger partial charge in [0.15, 0.2) is 0 Å². The van der Waals surface area contributed by atoms with Crippen molar-refractivity contribution in [1.82, 2.24) is 0 Å². The summed E-state index contributed by atoms with van der Waals surface area (Å²) in [4.78, 5) is 11.4. The van der Waals surface area contributed by atoms with E-state index in [0.29, 0.717) is 11.1 Å². The van der Waals surface area contributed by atoms with E-state index >= 15 is 0 Å². The van der Waals surface area contributed by atoms with Crippen LogP contribution in [0.1, 0.15) is 29.5 Å². The molecular weight excluding hydrogens is 259 g/mol. The molecule has 104 valence electrons. The molecule has 1 fully saturated rings. The highest BCUT2D eigenvalue weighted by molar-refractivity contribution is 5.83. The molecule has 2 rings (SSSR count). The van der Waals surface area contributed by atoms with Crippen LogP contribution in [0.3, 0.4) is 0 Å². The molecule has 0 unspecified atom stereocenters. The lowest BCUT2D eigenvalue weighted by atomic mass is 9.61. The number of carboxylic acid groups (broad SMARTS) is 1. The van der Waals surface area contributed by atoms with Crippen molar-refractivity contribution < 1.29 is 23.1 Å². The van der Waals surface area contributed by atoms with Crippen LogP contribution in [0.5, 0.6) is 0 Å². The fraction of sp³-hybridized carbons (Fsp3) is 0.462. The molecule has 0 heterocycles. The van der Waals surface area contributed by atoms with Gasteiger partial charge < -0.3 is 10.8 Å². The lowest BCUT2D eigenvalue weighted by molar-refractivity contribution is -0.148. The lowest BCUT2D eigenvalue weighted by Gasteiger charge is -2.43.